The lowest BCUT2D eigenvalue weighted by molar-refractivity contribution is -0.113. The lowest BCUT2D eigenvalue weighted by Gasteiger charge is -2.11. The lowest BCUT2D eigenvalue weighted by Crippen LogP contribution is -1.96. The fraction of sp³-hybridized carbons (Fsp3) is 0.423. The van der Waals surface area contributed by atoms with E-state index in [4.69, 9.17) is 11.6 Å². The van der Waals surface area contributed by atoms with Crippen molar-refractivity contribution in [1.29, 1.82) is 0 Å². The largest absolute Gasteiger partial charge is 0.295 e. The Balaban J connectivity index is -0.000000394. The van der Waals surface area contributed by atoms with Crippen LogP contribution in [0.3, 0.4) is 0 Å². The molecule has 0 unspecified atom stereocenters. The van der Waals surface area contributed by atoms with Gasteiger partial charge in [0.15, 0.2) is 5.78 Å². The van der Waals surface area contributed by atoms with Crippen molar-refractivity contribution in [2.45, 2.75) is 69.2 Å². The average molecular weight is 423 g/mol. The van der Waals surface area contributed by atoms with E-state index in [1.807, 2.05) is 19.9 Å². The fourth-order valence-electron chi connectivity index (χ4n) is 1.85. The number of ketones is 1. The van der Waals surface area contributed by atoms with Crippen molar-refractivity contribution in [3.05, 3.63) is 82.3 Å². The van der Waals surface area contributed by atoms with Gasteiger partial charge in [0.25, 0.3) is 0 Å². The summed E-state index contributed by atoms with van der Waals surface area (Å²) in [4.78, 5) is 11.0. The van der Waals surface area contributed by atoms with Gasteiger partial charge in [-0.25, -0.2) is 4.39 Å². The maximum absolute atomic E-state index is 12.9. The Bertz CT molecular complexity index is 705. The first-order chi connectivity index (χ1) is 13.1. The summed E-state index contributed by atoms with van der Waals surface area (Å²) < 4.78 is 12.9. The van der Waals surface area contributed by atoms with Crippen LogP contribution in [0.15, 0.2) is 82.3 Å². The van der Waals surface area contributed by atoms with Gasteiger partial charge in [0, 0.05) is 5.57 Å². The molecule has 0 N–H and O–H groups in total. The van der Waals surface area contributed by atoms with Crippen molar-refractivity contribution >= 4 is 17.4 Å². The molecule has 0 spiro atoms. The van der Waals surface area contributed by atoms with Gasteiger partial charge in [0.05, 0.1) is 5.03 Å². The van der Waals surface area contributed by atoms with Crippen LogP contribution in [0.5, 0.6) is 0 Å². The molecule has 0 atom stereocenters. The Hall–Kier alpha value is -1.93. The van der Waals surface area contributed by atoms with Crippen LogP contribution in [0.25, 0.3) is 0 Å². The highest BCUT2D eigenvalue weighted by Gasteiger charge is 2.06. The molecule has 0 fully saturated rings. The normalized spacial score (nSPS) is 11.9. The highest BCUT2D eigenvalue weighted by Crippen LogP contribution is 2.20. The molecule has 0 aliphatic carbocycles. The molecule has 0 aliphatic heterocycles. The number of carbonyl (C=O) groups excluding carboxylic acids is 1. The maximum Gasteiger partial charge on any atom is 0.159 e. The third kappa shape index (κ3) is 17.9. The van der Waals surface area contributed by atoms with E-state index in [0.29, 0.717) is 11.5 Å². The van der Waals surface area contributed by atoms with Crippen molar-refractivity contribution in [3.63, 3.8) is 0 Å². The molecule has 0 saturated carbocycles. The summed E-state index contributed by atoms with van der Waals surface area (Å²) in [5.41, 5.74) is 6.42. The molecule has 0 aliphatic rings. The maximum atomic E-state index is 12.9. The second-order valence-electron chi connectivity index (χ2n) is 7.62. The third-order valence-corrected chi connectivity index (χ3v) is 4.05. The molecule has 0 amide bonds. The molecule has 0 bridgehead atoms. The van der Waals surface area contributed by atoms with Crippen LogP contribution in [0.4, 0.5) is 4.39 Å². The minimum absolute atomic E-state index is 0.187. The Morgan fingerprint density at radius 2 is 1.38 bits per heavy atom. The van der Waals surface area contributed by atoms with E-state index in [1.165, 1.54) is 29.2 Å². The van der Waals surface area contributed by atoms with Crippen molar-refractivity contribution in [2.24, 2.45) is 5.92 Å². The molecule has 164 valence electrons. The zero-order valence-corrected chi connectivity index (χ0v) is 20.9. The molecule has 0 heterocycles. The summed E-state index contributed by atoms with van der Waals surface area (Å²) in [7, 11) is 0. The smallest absolute Gasteiger partial charge is 0.159 e. The van der Waals surface area contributed by atoms with Crippen molar-refractivity contribution in [3.8, 4) is 0 Å². The van der Waals surface area contributed by atoms with Crippen LogP contribution in [-0.2, 0) is 4.79 Å². The Morgan fingerprint density at radius 3 is 1.62 bits per heavy atom. The van der Waals surface area contributed by atoms with Crippen LogP contribution in [0, 0.1) is 5.92 Å². The second-order valence-corrected chi connectivity index (χ2v) is 8.08. The molecule has 29 heavy (non-hydrogen) atoms. The summed E-state index contributed by atoms with van der Waals surface area (Å²) in [6.45, 7) is 30.2. The molecule has 0 rings (SSSR count). The number of hydrogen-bond acceptors (Lipinski definition) is 1. The number of allylic oxidation sites excluding steroid dienone is 11. The topological polar surface area (TPSA) is 17.1 Å². The van der Waals surface area contributed by atoms with Crippen molar-refractivity contribution in [2.75, 3.05) is 0 Å². The van der Waals surface area contributed by atoms with E-state index in [9.17, 15) is 9.18 Å². The molecule has 0 aromatic heterocycles. The molecular weight excluding hydrogens is 383 g/mol. The van der Waals surface area contributed by atoms with Gasteiger partial charge in [-0.1, -0.05) is 67.5 Å². The summed E-state index contributed by atoms with van der Waals surface area (Å²) in [5.74, 6) is -0.223. The van der Waals surface area contributed by atoms with Gasteiger partial charge in [-0.05, 0) is 78.5 Å². The summed E-state index contributed by atoms with van der Waals surface area (Å²) in [6.07, 6.45) is 5.00. The van der Waals surface area contributed by atoms with E-state index < -0.39 is 5.83 Å². The van der Waals surface area contributed by atoms with Gasteiger partial charge >= 0.3 is 0 Å². The van der Waals surface area contributed by atoms with Gasteiger partial charge in [0.2, 0.25) is 0 Å². The molecule has 0 saturated heterocycles. The van der Waals surface area contributed by atoms with Gasteiger partial charge in [0.1, 0.15) is 5.83 Å². The number of halogens is 2. The quantitative estimate of drug-likeness (QED) is 0.237. The van der Waals surface area contributed by atoms with Gasteiger partial charge in [-0.3, -0.25) is 4.79 Å². The summed E-state index contributed by atoms with van der Waals surface area (Å²) >= 11 is 5.31. The zero-order chi connectivity index (χ0) is 23.9. The first-order valence-corrected chi connectivity index (χ1v) is 9.97. The predicted molar refractivity (Wildman–Crippen MR) is 131 cm³/mol. The Kier molecular flexibility index (Phi) is 18.6. The van der Waals surface area contributed by atoms with Crippen LogP contribution in [0.1, 0.15) is 69.2 Å². The number of Topliss-reactive ketones (excluding diaryl/α,β-unsaturated/α-hetero) is 1. The van der Waals surface area contributed by atoms with Crippen LogP contribution < -0.4 is 0 Å². The lowest BCUT2D eigenvalue weighted by atomic mass is 9.95. The van der Waals surface area contributed by atoms with Gasteiger partial charge in [-0.2, -0.15) is 0 Å². The SMILES string of the molecule is C=C(C)C.C=C(Cl)/C(F)=C\C(C(C)=O)=C(C)C.C=C/C=C(C)\C(C)=C(/C)C(C)C. The summed E-state index contributed by atoms with van der Waals surface area (Å²) in [5, 5.41) is -0.194. The Labute approximate surface area is 184 Å². The minimum Gasteiger partial charge on any atom is -0.295 e. The molecule has 3 heteroatoms. The predicted octanol–water partition coefficient (Wildman–Crippen LogP) is 9.21. The van der Waals surface area contributed by atoms with Gasteiger partial charge in [-0.15, -0.1) is 6.58 Å². The second kappa shape index (κ2) is 17.0. The van der Waals surface area contributed by atoms with E-state index in [0.717, 1.165) is 11.6 Å². The third-order valence-electron chi connectivity index (χ3n) is 3.87. The molecule has 0 radical (unpaired) electrons. The molecule has 1 nitrogen and oxygen atoms in total. The highest BCUT2D eigenvalue weighted by atomic mass is 35.5. The zero-order valence-electron chi connectivity index (χ0n) is 20.1. The molecular formula is C26H40ClFO. The van der Waals surface area contributed by atoms with Gasteiger partial charge < -0.3 is 0 Å². The highest BCUT2D eigenvalue weighted by molar-refractivity contribution is 6.31. The number of hydrogen-bond donors (Lipinski definition) is 0. The monoisotopic (exact) mass is 422 g/mol. The fourth-order valence-corrected chi connectivity index (χ4v) is 1.90. The van der Waals surface area contributed by atoms with E-state index in [-0.39, 0.29) is 10.8 Å². The van der Waals surface area contributed by atoms with Crippen molar-refractivity contribution < 1.29 is 9.18 Å². The number of rotatable bonds is 6. The standard InChI is InChI=1S/C12H20.C10H12ClFO.C4H8/c1-7-8-10(4)12(6)11(5)9(2)3;1-6(2)9(8(4)13)5-10(12)7(3)11;1-4(2)3/h7-9H,1H2,2-6H3;5H,3H2,1-2,4H3;1H2,2-3H3/b10-8-,12-11+;10-5+;. The summed E-state index contributed by atoms with van der Waals surface area (Å²) in [6, 6.07) is 0. The molecule has 0 aromatic carbocycles. The first-order valence-electron chi connectivity index (χ1n) is 9.59. The van der Waals surface area contributed by atoms with Crippen LogP contribution in [0.2, 0.25) is 0 Å². The van der Waals surface area contributed by atoms with Crippen LogP contribution >= 0.6 is 11.6 Å². The Morgan fingerprint density at radius 1 is 0.966 bits per heavy atom. The van der Waals surface area contributed by atoms with Crippen molar-refractivity contribution in [1.82, 2.24) is 0 Å². The van der Waals surface area contributed by atoms with E-state index >= 15 is 0 Å². The number of carbonyl (C=O) groups is 1. The van der Waals surface area contributed by atoms with E-state index in [2.05, 4.69) is 60.4 Å². The molecule has 0 aromatic rings. The minimum atomic E-state index is -0.673. The first kappa shape index (κ1) is 31.8. The average Bonchev–Trinajstić information content (AvgIpc) is 2.57. The van der Waals surface area contributed by atoms with Crippen LogP contribution in [-0.4, -0.2) is 5.78 Å². The van der Waals surface area contributed by atoms with E-state index in [1.54, 1.807) is 13.8 Å².